The number of halogens is 1. The van der Waals surface area contributed by atoms with Crippen molar-refractivity contribution in [2.24, 2.45) is 5.73 Å². The Balaban J connectivity index is 1.88. The van der Waals surface area contributed by atoms with Crippen molar-refractivity contribution < 1.29 is 0 Å². The number of nitrogens with zero attached hydrogens (tertiary/aromatic N) is 1. The molecule has 0 fully saturated rings. The Hall–Kier alpha value is -1.03. The molecule has 0 aliphatic heterocycles. The number of fused-ring (bicyclic) bond motifs is 1. The number of benzene rings is 1. The van der Waals surface area contributed by atoms with Gasteiger partial charge >= 0.3 is 0 Å². The van der Waals surface area contributed by atoms with E-state index >= 15 is 0 Å². The molecule has 2 N–H and O–H groups in total. The van der Waals surface area contributed by atoms with Crippen LogP contribution in [0.1, 0.15) is 36.4 Å². The molecule has 1 aliphatic carbocycles. The van der Waals surface area contributed by atoms with E-state index in [1.54, 1.807) is 18.0 Å². The maximum atomic E-state index is 6.46. The van der Waals surface area contributed by atoms with E-state index in [1.807, 2.05) is 12.1 Å². The summed E-state index contributed by atoms with van der Waals surface area (Å²) in [5.74, 6) is 0.519. The van der Waals surface area contributed by atoms with Crippen LogP contribution in [-0.2, 0) is 0 Å². The topological polar surface area (TPSA) is 38.9 Å². The van der Waals surface area contributed by atoms with Gasteiger partial charge in [-0.25, -0.2) is 4.98 Å². The van der Waals surface area contributed by atoms with Crippen LogP contribution in [0.25, 0.3) is 0 Å². The van der Waals surface area contributed by atoms with Gasteiger partial charge in [-0.3, -0.25) is 0 Å². The molecule has 0 amide bonds. The third kappa shape index (κ3) is 2.58. The first-order chi connectivity index (χ1) is 9.66. The molecule has 4 heteroatoms. The van der Waals surface area contributed by atoms with Gasteiger partial charge in [-0.1, -0.05) is 54.6 Å². The van der Waals surface area contributed by atoms with Crippen LogP contribution >= 0.6 is 23.4 Å². The Kier molecular flexibility index (Phi) is 4.01. The molecule has 3 unspecified atom stereocenters. The molecule has 1 aromatic heterocycles. The smallest absolute Gasteiger partial charge is 0.115 e. The molecule has 1 heterocycles. The lowest BCUT2D eigenvalue weighted by Gasteiger charge is -2.34. The minimum absolute atomic E-state index is 0.0328. The first-order valence-electron chi connectivity index (χ1n) is 6.78. The molecule has 0 spiro atoms. The van der Waals surface area contributed by atoms with Crippen LogP contribution in [-0.4, -0.2) is 10.2 Å². The molecule has 3 atom stereocenters. The van der Waals surface area contributed by atoms with Crippen LogP contribution in [0.4, 0.5) is 0 Å². The van der Waals surface area contributed by atoms with Crippen molar-refractivity contribution in [3.8, 4) is 0 Å². The Bertz CT molecular complexity index is 617. The van der Waals surface area contributed by atoms with Crippen molar-refractivity contribution in [2.45, 2.75) is 35.6 Å². The summed E-state index contributed by atoms with van der Waals surface area (Å²) in [5, 5.41) is 1.89. The molecular weight excluding hydrogens is 288 g/mol. The quantitative estimate of drug-likeness (QED) is 0.893. The summed E-state index contributed by atoms with van der Waals surface area (Å²) in [7, 11) is 0. The molecule has 0 saturated heterocycles. The highest BCUT2D eigenvalue weighted by atomic mass is 35.5. The van der Waals surface area contributed by atoms with E-state index in [9.17, 15) is 0 Å². The Labute approximate surface area is 128 Å². The summed E-state index contributed by atoms with van der Waals surface area (Å²) in [4.78, 5) is 4.36. The van der Waals surface area contributed by atoms with Gasteiger partial charge in [0.2, 0.25) is 0 Å². The second-order valence-electron chi connectivity index (χ2n) is 5.24. The van der Waals surface area contributed by atoms with Gasteiger partial charge in [-0.05, 0) is 35.6 Å². The summed E-state index contributed by atoms with van der Waals surface area (Å²) in [6, 6.07) is 12.2. The van der Waals surface area contributed by atoms with Crippen LogP contribution < -0.4 is 5.73 Å². The molecule has 2 aromatic rings. The van der Waals surface area contributed by atoms with Crippen molar-refractivity contribution in [3.05, 3.63) is 58.7 Å². The number of hydrogen-bond acceptors (Lipinski definition) is 3. The summed E-state index contributed by atoms with van der Waals surface area (Å²) < 4.78 is 0. The van der Waals surface area contributed by atoms with Gasteiger partial charge in [0.25, 0.3) is 0 Å². The second kappa shape index (κ2) is 5.76. The van der Waals surface area contributed by atoms with E-state index in [0.717, 1.165) is 11.4 Å². The van der Waals surface area contributed by atoms with Crippen molar-refractivity contribution >= 4 is 23.4 Å². The molecule has 104 valence electrons. The largest absolute Gasteiger partial charge is 0.323 e. The average Bonchev–Trinajstić information content (AvgIpc) is 2.47. The predicted molar refractivity (Wildman–Crippen MR) is 85.3 cm³/mol. The monoisotopic (exact) mass is 304 g/mol. The van der Waals surface area contributed by atoms with Gasteiger partial charge in [-0.2, -0.15) is 0 Å². The van der Waals surface area contributed by atoms with Crippen LogP contribution in [0.2, 0.25) is 5.02 Å². The fourth-order valence-corrected chi connectivity index (χ4v) is 4.33. The lowest BCUT2D eigenvalue weighted by Crippen LogP contribution is -2.31. The summed E-state index contributed by atoms with van der Waals surface area (Å²) >= 11 is 7.90. The van der Waals surface area contributed by atoms with E-state index in [4.69, 9.17) is 17.3 Å². The minimum Gasteiger partial charge on any atom is -0.323 e. The highest BCUT2D eigenvalue weighted by Crippen LogP contribution is 2.44. The van der Waals surface area contributed by atoms with E-state index in [-0.39, 0.29) is 6.04 Å². The van der Waals surface area contributed by atoms with Crippen molar-refractivity contribution in [2.75, 3.05) is 0 Å². The number of aromatic nitrogens is 1. The third-order valence-corrected chi connectivity index (χ3v) is 5.61. The molecule has 0 saturated carbocycles. The van der Waals surface area contributed by atoms with E-state index < -0.39 is 0 Å². The average molecular weight is 305 g/mol. The first kappa shape index (κ1) is 13.9. The van der Waals surface area contributed by atoms with Crippen LogP contribution in [0.5, 0.6) is 0 Å². The predicted octanol–water partition coefficient (Wildman–Crippen LogP) is 4.40. The molecular formula is C16H17ClN2S. The first-order valence-corrected chi connectivity index (χ1v) is 8.04. The fraction of sp³-hybridized carbons (Fsp3) is 0.312. The zero-order valence-corrected chi connectivity index (χ0v) is 12.9. The summed E-state index contributed by atoms with van der Waals surface area (Å²) in [5.41, 5.74) is 9.10. The standard InChI is InChI=1S/C16H17ClN2S/c1-10-9-14(20-16-13(17)7-4-8-19-16)15(18)12-6-3-2-5-11(10)12/h2-8,10,14-15H,9,18H2,1H3. The van der Waals surface area contributed by atoms with Gasteiger partial charge in [0.15, 0.2) is 0 Å². The lowest BCUT2D eigenvalue weighted by molar-refractivity contribution is 0.527. The van der Waals surface area contributed by atoms with Gasteiger partial charge in [0, 0.05) is 17.5 Å². The van der Waals surface area contributed by atoms with Gasteiger partial charge in [-0.15, -0.1) is 0 Å². The minimum atomic E-state index is 0.0328. The maximum absolute atomic E-state index is 6.46. The molecule has 0 bridgehead atoms. The molecule has 1 aromatic carbocycles. The number of rotatable bonds is 2. The third-order valence-electron chi connectivity index (χ3n) is 3.86. The van der Waals surface area contributed by atoms with Crippen molar-refractivity contribution in [3.63, 3.8) is 0 Å². The normalized spacial score (nSPS) is 25.2. The highest BCUT2D eigenvalue weighted by Gasteiger charge is 2.31. The number of pyridine rings is 1. The van der Waals surface area contributed by atoms with E-state index in [0.29, 0.717) is 16.2 Å². The Morgan fingerprint density at radius 3 is 2.70 bits per heavy atom. The summed E-state index contributed by atoms with van der Waals surface area (Å²) in [6.07, 6.45) is 2.83. The van der Waals surface area contributed by atoms with Crippen LogP contribution in [0, 0.1) is 0 Å². The maximum Gasteiger partial charge on any atom is 0.115 e. The molecule has 2 nitrogen and oxygen atoms in total. The second-order valence-corrected chi connectivity index (χ2v) is 6.87. The molecule has 3 rings (SSSR count). The number of thioether (sulfide) groups is 1. The number of nitrogens with two attached hydrogens (primary N) is 1. The SMILES string of the molecule is CC1CC(Sc2ncccc2Cl)C(N)c2ccccc21. The molecule has 1 aliphatic rings. The van der Waals surface area contributed by atoms with Gasteiger partial charge in [0.1, 0.15) is 5.03 Å². The fourth-order valence-electron chi connectivity index (χ4n) is 2.81. The van der Waals surface area contributed by atoms with E-state index in [1.165, 1.54) is 11.1 Å². The molecule has 20 heavy (non-hydrogen) atoms. The summed E-state index contributed by atoms with van der Waals surface area (Å²) in [6.45, 7) is 2.26. The highest BCUT2D eigenvalue weighted by molar-refractivity contribution is 8.00. The number of hydrogen-bond donors (Lipinski definition) is 1. The zero-order valence-electron chi connectivity index (χ0n) is 11.3. The van der Waals surface area contributed by atoms with Crippen molar-refractivity contribution in [1.82, 2.24) is 4.98 Å². The Morgan fingerprint density at radius 1 is 1.20 bits per heavy atom. The molecule has 0 radical (unpaired) electrons. The van der Waals surface area contributed by atoms with E-state index in [2.05, 4.69) is 36.2 Å². The lowest BCUT2D eigenvalue weighted by atomic mass is 9.81. The Morgan fingerprint density at radius 2 is 1.95 bits per heavy atom. The zero-order chi connectivity index (χ0) is 14.1. The van der Waals surface area contributed by atoms with Crippen molar-refractivity contribution in [1.29, 1.82) is 0 Å². The van der Waals surface area contributed by atoms with Gasteiger partial charge in [0.05, 0.1) is 5.02 Å². The van der Waals surface area contributed by atoms with Crippen LogP contribution in [0.3, 0.4) is 0 Å². The van der Waals surface area contributed by atoms with Crippen LogP contribution in [0.15, 0.2) is 47.6 Å². The van der Waals surface area contributed by atoms with Gasteiger partial charge < -0.3 is 5.73 Å².